The highest BCUT2D eigenvalue weighted by atomic mass is 16.6. The van der Waals surface area contributed by atoms with Gasteiger partial charge >= 0.3 is 5.97 Å². The second kappa shape index (κ2) is 11.7. The van der Waals surface area contributed by atoms with E-state index >= 15 is 0 Å². The van der Waals surface area contributed by atoms with Gasteiger partial charge in [-0.1, -0.05) is 30.4 Å². The molecule has 0 amide bonds. The minimum absolute atomic E-state index is 0.315. The van der Waals surface area contributed by atoms with Crippen LogP contribution in [0.2, 0.25) is 0 Å². The van der Waals surface area contributed by atoms with E-state index in [1.54, 1.807) is 31.4 Å². The predicted octanol–water partition coefficient (Wildman–Crippen LogP) is 3.99. The molecule has 28 heavy (non-hydrogen) atoms. The number of rotatable bonds is 11. The summed E-state index contributed by atoms with van der Waals surface area (Å²) in [6.45, 7) is 3.44. The molecule has 0 spiro atoms. The number of allylic oxidation sites excluding steroid dienone is 1. The zero-order chi connectivity index (χ0) is 20.2. The van der Waals surface area contributed by atoms with Gasteiger partial charge in [0.05, 0.1) is 27.4 Å². The number of esters is 1. The second-order valence-electron chi connectivity index (χ2n) is 5.71. The Hall–Kier alpha value is -2.99. The van der Waals surface area contributed by atoms with Crippen molar-refractivity contribution in [2.45, 2.75) is 6.92 Å². The van der Waals surface area contributed by atoms with Crippen molar-refractivity contribution in [3.8, 4) is 17.2 Å². The Labute approximate surface area is 165 Å². The molecule has 2 aromatic rings. The molecule has 6 nitrogen and oxygen atoms in total. The first-order chi connectivity index (χ1) is 13.7. The molecule has 0 aliphatic rings. The molecule has 0 radical (unpaired) electrons. The van der Waals surface area contributed by atoms with Gasteiger partial charge in [0.1, 0.15) is 24.5 Å². The van der Waals surface area contributed by atoms with E-state index in [1.807, 2.05) is 37.3 Å². The number of methoxy groups -OCH3 is 2. The molecule has 0 N–H and O–H groups in total. The van der Waals surface area contributed by atoms with Gasteiger partial charge in [0, 0.05) is 0 Å². The van der Waals surface area contributed by atoms with Crippen molar-refractivity contribution in [1.82, 2.24) is 0 Å². The molecule has 2 rings (SSSR count). The van der Waals surface area contributed by atoms with E-state index in [1.165, 1.54) is 7.11 Å². The van der Waals surface area contributed by atoms with E-state index in [0.29, 0.717) is 49.2 Å². The van der Waals surface area contributed by atoms with Crippen molar-refractivity contribution < 1.29 is 28.5 Å². The van der Waals surface area contributed by atoms with E-state index in [4.69, 9.17) is 23.7 Å². The van der Waals surface area contributed by atoms with Crippen molar-refractivity contribution >= 4 is 12.0 Å². The molecule has 0 saturated carbocycles. The van der Waals surface area contributed by atoms with Crippen LogP contribution in [0, 0.1) is 0 Å². The fourth-order valence-electron chi connectivity index (χ4n) is 2.49. The van der Waals surface area contributed by atoms with Crippen LogP contribution in [0.4, 0.5) is 0 Å². The third kappa shape index (κ3) is 6.32. The third-order valence-electron chi connectivity index (χ3n) is 3.81. The quantitative estimate of drug-likeness (QED) is 0.430. The van der Waals surface area contributed by atoms with Crippen LogP contribution in [0.3, 0.4) is 0 Å². The van der Waals surface area contributed by atoms with Crippen molar-refractivity contribution in [3.05, 3.63) is 59.7 Å². The Bertz CT molecular complexity index is 784. The first kappa shape index (κ1) is 21.3. The number of benzene rings is 2. The number of para-hydroxylation sites is 1. The molecule has 0 fully saturated rings. The van der Waals surface area contributed by atoms with E-state index in [0.717, 1.165) is 5.56 Å². The van der Waals surface area contributed by atoms with Crippen LogP contribution in [0.5, 0.6) is 17.2 Å². The molecule has 150 valence electrons. The summed E-state index contributed by atoms with van der Waals surface area (Å²) < 4.78 is 26.9. The van der Waals surface area contributed by atoms with Crippen molar-refractivity contribution in [2.24, 2.45) is 0 Å². The van der Waals surface area contributed by atoms with Gasteiger partial charge in [0.25, 0.3) is 0 Å². The number of carbonyl (C=O) groups excluding carboxylic acids is 1. The van der Waals surface area contributed by atoms with Crippen molar-refractivity contribution in [2.75, 3.05) is 40.6 Å². The van der Waals surface area contributed by atoms with Crippen LogP contribution in [0.1, 0.15) is 22.8 Å². The van der Waals surface area contributed by atoms with Crippen LogP contribution >= 0.6 is 0 Å². The van der Waals surface area contributed by atoms with Gasteiger partial charge in [0.15, 0.2) is 11.5 Å². The highest BCUT2D eigenvalue weighted by Crippen LogP contribution is 2.28. The summed E-state index contributed by atoms with van der Waals surface area (Å²) in [4.78, 5) is 11.7. The molecule has 2 aromatic carbocycles. The number of ether oxygens (including phenoxy) is 5. The number of hydrogen-bond donors (Lipinski definition) is 0. The Balaban J connectivity index is 1.71. The molecular formula is C22H26O6. The molecule has 0 unspecified atom stereocenters. The average Bonchev–Trinajstić information content (AvgIpc) is 2.73. The highest BCUT2D eigenvalue weighted by Gasteiger charge is 2.11. The topological polar surface area (TPSA) is 63.2 Å². The first-order valence-corrected chi connectivity index (χ1v) is 9.01. The molecule has 0 atom stereocenters. The Kier molecular flexibility index (Phi) is 8.88. The van der Waals surface area contributed by atoms with Gasteiger partial charge in [-0.25, -0.2) is 4.79 Å². The van der Waals surface area contributed by atoms with Gasteiger partial charge in [-0.3, -0.25) is 0 Å². The van der Waals surface area contributed by atoms with E-state index in [9.17, 15) is 4.79 Å². The van der Waals surface area contributed by atoms with Crippen LogP contribution in [0.15, 0.2) is 48.5 Å². The molecular weight excluding hydrogens is 360 g/mol. The van der Waals surface area contributed by atoms with Gasteiger partial charge < -0.3 is 23.7 Å². The molecule has 0 aliphatic heterocycles. The second-order valence-corrected chi connectivity index (χ2v) is 5.71. The largest absolute Gasteiger partial charge is 0.493 e. The van der Waals surface area contributed by atoms with Gasteiger partial charge in [-0.15, -0.1) is 0 Å². The summed E-state index contributed by atoms with van der Waals surface area (Å²) in [7, 11) is 2.95. The lowest BCUT2D eigenvalue weighted by Crippen LogP contribution is -2.13. The van der Waals surface area contributed by atoms with Crippen molar-refractivity contribution in [3.63, 3.8) is 0 Å². The van der Waals surface area contributed by atoms with Crippen LogP contribution in [-0.4, -0.2) is 46.6 Å². The third-order valence-corrected chi connectivity index (χ3v) is 3.81. The fourth-order valence-corrected chi connectivity index (χ4v) is 2.49. The molecule has 0 aliphatic carbocycles. The Morgan fingerprint density at radius 1 is 0.893 bits per heavy atom. The Morgan fingerprint density at radius 2 is 1.61 bits per heavy atom. The SMILES string of the molecule is C/C=C/c1ccc(OCCOCCOc2ccccc2C(=O)OC)c(OC)c1. The van der Waals surface area contributed by atoms with E-state index in [-0.39, 0.29) is 0 Å². The lowest BCUT2D eigenvalue weighted by atomic mass is 10.2. The number of carbonyl (C=O) groups is 1. The standard InChI is InChI=1S/C22H26O6/c1-4-7-17-10-11-20(21(16-17)24-2)28-15-13-26-12-14-27-19-9-6-5-8-18(19)22(23)25-3/h4-11,16H,12-15H2,1-3H3/b7-4+. The summed E-state index contributed by atoms with van der Waals surface area (Å²) in [5, 5.41) is 0. The highest BCUT2D eigenvalue weighted by molar-refractivity contribution is 5.92. The van der Waals surface area contributed by atoms with Gasteiger partial charge in [0.2, 0.25) is 0 Å². The summed E-state index contributed by atoms with van der Waals surface area (Å²) in [6.07, 6.45) is 3.96. The fraction of sp³-hybridized carbons (Fsp3) is 0.318. The Morgan fingerprint density at radius 3 is 2.29 bits per heavy atom. The zero-order valence-corrected chi connectivity index (χ0v) is 16.5. The zero-order valence-electron chi connectivity index (χ0n) is 16.5. The van der Waals surface area contributed by atoms with Gasteiger partial charge in [-0.05, 0) is 36.8 Å². The maximum Gasteiger partial charge on any atom is 0.341 e. The van der Waals surface area contributed by atoms with Crippen molar-refractivity contribution in [1.29, 1.82) is 0 Å². The summed E-state index contributed by atoms with van der Waals surface area (Å²) in [5.74, 6) is 1.39. The van der Waals surface area contributed by atoms with Crippen LogP contribution in [0.25, 0.3) is 6.08 Å². The first-order valence-electron chi connectivity index (χ1n) is 9.01. The monoisotopic (exact) mass is 386 g/mol. The minimum atomic E-state index is -0.431. The van der Waals surface area contributed by atoms with E-state index < -0.39 is 5.97 Å². The molecule has 0 aromatic heterocycles. The maximum atomic E-state index is 11.7. The molecule has 0 bridgehead atoms. The summed E-state index contributed by atoms with van der Waals surface area (Å²) in [5.41, 5.74) is 1.44. The lowest BCUT2D eigenvalue weighted by Gasteiger charge is -2.12. The predicted molar refractivity (Wildman–Crippen MR) is 107 cm³/mol. The van der Waals surface area contributed by atoms with Crippen LogP contribution < -0.4 is 14.2 Å². The lowest BCUT2D eigenvalue weighted by molar-refractivity contribution is 0.0585. The number of hydrogen-bond acceptors (Lipinski definition) is 6. The van der Waals surface area contributed by atoms with E-state index in [2.05, 4.69) is 0 Å². The maximum absolute atomic E-state index is 11.7. The summed E-state index contributed by atoms with van der Waals surface area (Å²) >= 11 is 0. The molecule has 0 heterocycles. The van der Waals surface area contributed by atoms with Gasteiger partial charge in [-0.2, -0.15) is 0 Å². The summed E-state index contributed by atoms with van der Waals surface area (Å²) in [6, 6.07) is 12.7. The molecule has 6 heteroatoms. The smallest absolute Gasteiger partial charge is 0.341 e. The molecule has 0 saturated heterocycles. The average molecular weight is 386 g/mol. The normalized spacial score (nSPS) is 10.7. The minimum Gasteiger partial charge on any atom is -0.493 e. The van der Waals surface area contributed by atoms with Crippen LogP contribution in [-0.2, 0) is 9.47 Å².